The van der Waals surface area contributed by atoms with Gasteiger partial charge >= 0.3 is 11.9 Å². The first-order valence-electron chi connectivity index (χ1n) is 8.14. The summed E-state index contributed by atoms with van der Waals surface area (Å²) in [6, 6.07) is -0.449. The van der Waals surface area contributed by atoms with Gasteiger partial charge in [-0.05, 0) is 41.5 Å². The minimum atomic E-state index is -0.919. The summed E-state index contributed by atoms with van der Waals surface area (Å²) in [5.74, 6) is -0.694. The van der Waals surface area contributed by atoms with Gasteiger partial charge in [-0.1, -0.05) is 6.92 Å². The molecule has 1 saturated heterocycles. The minimum Gasteiger partial charge on any atom is -0.464 e. The zero-order chi connectivity index (χ0) is 18.0. The molecule has 0 saturated carbocycles. The molecule has 4 atom stereocenters. The van der Waals surface area contributed by atoms with Crippen molar-refractivity contribution in [1.82, 2.24) is 5.32 Å². The highest BCUT2D eigenvalue weighted by molar-refractivity contribution is 5.76. The second kappa shape index (κ2) is 7.18. The molecule has 1 rings (SSSR count). The second-order valence-corrected chi connectivity index (χ2v) is 8.45. The van der Waals surface area contributed by atoms with Gasteiger partial charge in [0.1, 0.15) is 18.8 Å². The van der Waals surface area contributed by atoms with E-state index in [2.05, 4.69) is 5.32 Å². The van der Waals surface area contributed by atoms with E-state index in [9.17, 15) is 14.7 Å². The standard InChI is InChI=1S/C17H31NO5/c1-10-8-18-11(9-22-14(20)16(2,3)4)12(19)13(10)23-15(21)17(5,6)7/h10-13,18-19H,8-9H2,1-7H3/t10-,11-,12-,13+/m0/s1. The molecule has 0 spiro atoms. The first-order valence-corrected chi connectivity index (χ1v) is 8.14. The summed E-state index contributed by atoms with van der Waals surface area (Å²) in [7, 11) is 0. The number of carbonyl (C=O) groups excluding carboxylic acids is 2. The van der Waals surface area contributed by atoms with E-state index in [-0.39, 0.29) is 24.5 Å². The van der Waals surface area contributed by atoms with Crippen LogP contribution in [0.5, 0.6) is 0 Å². The monoisotopic (exact) mass is 329 g/mol. The van der Waals surface area contributed by atoms with E-state index < -0.39 is 29.1 Å². The van der Waals surface area contributed by atoms with E-state index in [1.165, 1.54) is 0 Å². The van der Waals surface area contributed by atoms with E-state index in [4.69, 9.17) is 9.47 Å². The van der Waals surface area contributed by atoms with Crippen LogP contribution in [0.4, 0.5) is 0 Å². The fraction of sp³-hybridized carbons (Fsp3) is 0.882. The van der Waals surface area contributed by atoms with Crippen molar-refractivity contribution in [3.8, 4) is 0 Å². The lowest BCUT2D eigenvalue weighted by molar-refractivity contribution is -0.176. The van der Waals surface area contributed by atoms with Crippen LogP contribution in [-0.2, 0) is 19.1 Å². The Morgan fingerprint density at radius 2 is 1.61 bits per heavy atom. The molecule has 0 aromatic rings. The molecule has 0 bridgehead atoms. The zero-order valence-corrected chi connectivity index (χ0v) is 15.3. The predicted molar refractivity (Wildman–Crippen MR) is 86.7 cm³/mol. The maximum Gasteiger partial charge on any atom is 0.311 e. The van der Waals surface area contributed by atoms with Crippen LogP contribution in [0, 0.1) is 16.7 Å². The highest BCUT2D eigenvalue weighted by Crippen LogP contribution is 2.24. The van der Waals surface area contributed by atoms with E-state index in [1.54, 1.807) is 41.5 Å². The fourth-order valence-electron chi connectivity index (χ4n) is 2.17. The van der Waals surface area contributed by atoms with Crippen LogP contribution in [-0.4, -0.2) is 48.4 Å². The minimum absolute atomic E-state index is 0.0223. The maximum atomic E-state index is 12.1. The third-order valence-corrected chi connectivity index (χ3v) is 3.87. The normalized spacial score (nSPS) is 29.0. The first kappa shape index (κ1) is 19.9. The number of esters is 2. The zero-order valence-electron chi connectivity index (χ0n) is 15.3. The molecule has 2 N–H and O–H groups in total. The number of carbonyl (C=O) groups is 2. The van der Waals surface area contributed by atoms with Gasteiger partial charge in [-0.25, -0.2) is 0 Å². The molecule has 23 heavy (non-hydrogen) atoms. The molecule has 0 aromatic carbocycles. The van der Waals surface area contributed by atoms with Gasteiger partial charge in [-0.3, -0.25) is 9.59 Å². The van der Waals surface area contributed by atoms with Crippen LogP contribution >= 0.6 is 0 Å². The lowest BCUT2D eigenvalue weighted by atomic mass is 9.89. The number of piperidine rings is 1. The number of hydrogen-bond donors (Lipinski definition) is 2. The highest BCUT2D eigenvalue weighted by atomic mass is 16.6. The van der Waals surface area contributed by atoms with E-state index in [0.717, 1.165) is 0 Å². The van der Waals surface area contributed by atoms with Crippen molar-refractivity contribution in [2.24, 2.45) is 16.7 Å². The number of aliphatic hydroxyl groups excluding tert-OH is 1. The molecular formula is C17H31NO5. The SMILES string of the molecule is C[C@H]1CN[C@@H](COC(=O)C(C)(C)C)[C@H](O)[C@@H]1OC(=O)C(C)(C)C. The summed E-state index contributed by atoms with van der Waals surface area (Å²) in [5.41, 5.74) is -1.22. The summed E-state index contributed by atoms with van der Waals surface area (Å²) in [6.07, 6.45) is -1.53. The molecule has 1 aliphatic rings. The van der Waals surface area contributed by atoms with Gasteiger partial charge in [-0.2, -0.15) is 0 Å². The Morgan fingerprint density at radius 1 is 1.09 bits per heavy atom. The molecule has 0 aromatic heterocycles. The third kappa shape index (κ3) is 5.46. The Morgan fingerprint density at radius 3 is 2.09 bits per heavy atom. The molecule has 0 amide bonds. The average Bonchev–Trinajstić information content (AvgIpc) is 2.39. The summed E-state index contributed by atoms with van der Waals surface area (Å²) in [6.45, 7) is 13.2. The predicted octanol–water partition coefficient (Wildman–Crippen LogP) is 1.50. The molecule has 6 heteroatoms. The Bertz CT molecular complexity index is 435. The summed E-state index contributed by atoms with van der Waals surface area (Å²) in [4.78, 5) is 23.9. The van der Waals surface area contributed by atoms with Gasteiger partial charge in [0.25, 0.3) is 0 Å². The highest BCUT2D eigenvalue weighted by Gasteiger charge is 2.41. The van der Waals surface area contributed by atoms with Gasteiger partial charge in [0.15, 0.2) is 0 Å². The molecule has 0 radical (unpaired) electrons. The van der Waals surface area contributed by atoms with Gasteiger partial charge in [0.05, 0.1) is 16.9 Å². The van der Waals surface area contributed by atoms with Crippen LogP contribution in [0.25, 0.3) is 0 Å². The van der Waals surface area contributed by atoms with E-state index in [1.807, 2.05) is 6.92 Å². The van der Waals surface area contributed by atoms with Crippen molar-refractivity contribution in [3.05, 3.63) is 0 Å². The topological polar surface area (TPSA) is 84.9 Å². The molecular weight excluding hydrogens is 298 g/mol. The average molecular weight is 329 g/mol. The molecule has 0 unspecified atom stereocenters. The second-order valence-electron chi connectivity index (χ2n) is 8.45. The van der Waals surface area contributed by atoms with Gasteiger partial charge in [0.2, 0.25) is 0 Å². The molecule has 6 nitrogen and oxygen atoms in total. The van der Waals surface area contributed by atoms with Crippen LogP contribution in [0.15, 0.2) is 0 Å². The van der Waals surface area contributed by atoms with Gasteiger partial charge in [-0.15, -0.1) is 0 Å². The Balaban J connectivity index is 2.68. The van der Waals surface area contributed by atoms with Crippen molar-refractivity contribution in [2.45, 2.75) is 66.7 Å². The van der Waals surface area contributed by atoms with E-state index >= 15 is 0 Å². The van der Waals surface area contributed by atoms with Gasteiger partial charge < -0.3 is 19.9 Å². The largest absolute Gasteiger partial charge is 0.464 e. The lowest BCUT2D eigenvalue weighted by Gasteiger charge is -2.40. The summed E-state index contributed by atoms with van der Waals surface area (Å²) < 4.78 is 10.8. The summed E-state index contributed by atoms with van der Waals surface area (Å²) in [5, 5.41) is 13.6. The molecule has 1 aliphatic heterocycles. The number of rotatable bonds is 3. The Hall–Kier alpha value is -1.14. The van der Waals surface area contributed by atoms with Crippen molar-refractivity contribution in [3.63, 3.8) is 0 Å². The van der Waals surface area contributed by atoms with Crippen LogP contribution < -0.4 is 5.32 Å². The third-order valence-electron chi connectivity index (χ3n) is 3.87. The first-order chi connectivity index (χ1) is 10.3. The molecule has 1 heterocycles. The lowest BCUT2D eigenvalue weighted by Crippen LogP contribution is -2.60. The molecule has 134 valence electrons. The fourth-order valence-corrected chi connectivity index (χ4v) is 2.17. The smallest absolute Gasteiger partial charge is 0.311 e. The summed E-state index contributed by atoms with van der Waals surface area (Å²) >= 11 is 0. The number of nitrogens with one attached hydrogen (secondary N) is 1. The van der Waals surface area contributed by atoms with Crippen LogP contribution in [0.1, 0.15) is 48.5 Å². The van der Waals surface area contributed by atoms with Crippen molar-refractivity contribution >= 4 is 11.9 Å². The van der Waals surface area contributed by atoms with Crippen molar-refractivity contribution in [2.75, 3.05) is 13.2 Å². The van der Waals surface area contributed by atoms with E-state index in [0.29, 0.717) is 6.54 Å². The number of aliphatic hydroxyl groups is 1. The van der Waals surface area contributed by atoms with Crippen molar-refractivity contribution in [1.29, 1.82) is 0 Å². The quantitative estimate of drug-likeness (QED) is 0.763. The van der Waals surface area contributed by atoms with Crippen molar-refractivity contribution < 1.29 is 24.2 Å². The Labute approximate surface area is 138 Å². The number of ether oxygens (including phenoxy) is 2. The molecule has 0 aliphatic carbocycles. The maximum absolute atomic E-state index is 12.1. The molecule has 1 fully saturated rings. The van der Waals surface area contributed by atoms with Crippen LogP contribution in [0.3, 0.4) is 0 Å². The Kier molecular flexibility index (Phi) is 6.21. The number of hydrogen-bond acceptors (Lipinski definition) is 6. The van der Waals surface area contributed by atoms with Gasteiger partial charge in [0, 0.05) is 12.5 Å². The van der Waals surface area contributed by atoms with Crippen LogP contribution in [0.2, 0.25) is 0 Å².